The topological polar surface area (TPSA) is 86.6 Å². The number of nitrogens with one attached hydrogen (secondary N) is 1. The van der Waals surface area contributed by atoms with Crippen LogP contribution >= 0.6 is 8.25 Å². The first-order chi connectivity index (χ1) is 5.90. The van der Waals surface area contributed by atoms with Crippen molar-refractivity contribution in [2.45, 2.75) is 6.92 Å². The molecular weight excluding hydrogens is 193 g/mol. The van der Waals surface area contributed by atoms with E-state index in [-0.39, 0.29) is 5.91 Å². The van der Waals surface area contributed by atoms with Crippen LogP contribution in [0.2, 0.25) is 0 Å². The molecule has 0 atom stereocenters. The van der Waals surface area contributed by atoms with E-state index in [0.717, 1.165) is 5.57 Å². The van der Waals surface area contributed by atoms with Crippen LogP contribution in [0.1, 0.15) is 6.92 Å². The van der Waals surface area contributed by atoms with Gasteiger partial charge in [0.25, 0.3) is 0 Å². The van der Waals surface area contributed by atoms with Gasteiger partial charge in [-0.25, -0.2) is 0 Å². The van der Waals surface area contributed by atoms with Crippen LogP contribution in [0.3, 0.4) is 0 Å². The Morgan fingerprint density at radius 1 is 1.62 bits per heavy atom. The Balaban J connectivity index is 0. The molecule has 0 saturated carbocycles. The smallest absolute Gasteiger partial charge is 0.349 e. The second kappa shape index (κ2) is 9.06. The third kappa shape index (κ3) is 24.8. The molecule has 0 aliphatic rings. The SMILES string of the molecule is C=CC(=O)NCC(=C)C.O=[P+](O)O. The summed E-state index contributed by atoms with van der Waals surface area (Å²) in [5, 5.41) is 2.58. The highest BCUT2D eigenvalue weighted by Crippen LogP contribution is 1.98. The molecule has 0 aliphatic heterocycles. The second-order valence-electron chi connectivity index (χ2n) is 2.13. The zero-order valence-electron chi connectivity index (χ0n) is 7.36. The van der Waals surface area contributed by atoms with Crippen molar-refractivity contribution in [3.05, 3.63) is 24.8 Å². The van der Waals surface area contributed by atoms with Crippen LogP contribution in [0.4, 0.5) is 0 Å². The first kappa shape index (κ1) is 14.5. The van der Waals surface area contributed by atoms with Crippen molar-refractivity contribution >= 4 is 14.2 Å². The van der Waals surface area contributed by atoms with Gasteiger partial charge in [-0.3, -0.25) is 4.79 Å². The summed E-state index contributed by atoms with van der Waals surface area (Å²) < 4.78 is 8.70. The Bertz CT molecular complexity index is 211. The number of rotatable bonds is 3. The Morgan fingerprint density at radius 2 is 2.00 bits per heavy atom. The van der Waals surface area contributed by atoms with Crippen molar-refractivity contribution < 1.29 is 19.1 Å². The highest BCUT2D eigenvalue weighted by molar-refractivity contribution is 7.30. The molecule has 0 aromatic carbocycles. The summed E-state index contributed by atoms with van der Waals surface area (Å²) in [6, 6.07) is 0. The quantitative estimate of drug-likeness (QED) is 0.356. The molecule has 13 heavy (non-hydrogen) atoms. The molecule has 0 saturated heterocycles. The summed E-state index contributed by atoms with van der Waals surface area (Å²) in [6.07, 6.45) is 1.24. The maximum absolute atomic E-state index is 10.4. The minimum atomic E-state index is -2.87. The largest absolute Gasteiger partial charge is 0.692 e. The molecule has 0 aromatic rings. The average molecular weight is 206 g/mol. The Labute approximate surface area is 77.7 Å². The summed E-state index contributed by atoms with van der Waals surface area (Å²) in [6.45, 7) is 9.29. The summed E-state index contributed by atoms with van der Waals surface area (Å²) in [4.78, 5) is 24.7. The van der Waals surface area contributed by atoms with Crippen LogP contribution in [-0.2, 0) is 9.36 Å². The predicted molar refractivity (Wildman–Crippen MR) is 50.1 cm³/mol. The molecule has 0 rings (SSSR count). The fraction of sp³-hybridized carbons (Fsp3) is 0.286. The summed E-state index contributed by atoms with van der Waals surface area (Å²) >= 11 is 0. The van der Waals surface area contributed by atoms with E-state index in [4.69, 9.17) is 14.4 Å². The highest BCUT2D eigenvalue weighted by Gasteiger charge is 1.93. The lowest BCUT2D eigenvalue weighted by Crippen LogP contribution is -2.22. The molecule has 0 spiro atoms. The molecule has 6 heteroatoms. The van der Waals surface area contributed by atoms with Crippen molar-refractivity contribution in [1.82, 2.24) is 5.32 Å². The molecule has 0 bridgehead atoms. The lowest BCUT2D eigenvalue weighted by Gasteiger charge is -1.98. The molecule has 0 aliphatic carbocycles. The molecule has 3 N–H and O–H groups in total. The van der Waals surface area contributed by atoms with E-state index in [1.165, 1.54) is 6.08 Å². The van der Waals surface area contributed by atoms with Gasteiger partial charge in [-0.2, -0.15) is 0 Å². The lowest BCUT2D eigenvalue weighted by atomic mass is 10.3. The minimum Gasteiger partial charge on any atom is -0.349 e. The third-order valence-corrected chi connectivity index (χ3v) is 0.750. The van der Waals surface area contributed by atoms with Crippen LogP contribution in [0.15, 0.2) is 24.8 Å². The summed E-state index contributed by atoms with van der Waals surface area (Å²) in [5.74, 6) is -0.155. The van der Waals surface area contributed by atoms with Crippen LogP contribution in [0.5, 0.6) is 0 Å². The maximum atomic E-state index is 10.4. The van der Waals surface area contributed by atoms with Gasteiger partial charge in [-0.1, -0.05) is 18.7 Å². The van der Waals surface area contributed by atoms with Gasteiger partial charge in [0.1, 0.15) is 0 Å². The van der Waals surface area contributed by atoms with Gasteiger partial charge in [0.05, 0.1) is 0 Å². The van der Waals surface area contributed by atoms with Crippen molar-refractivity contribution in [1.29, 1.82) is 0 Å². The monoisotopic (exact) mass is 206 g/mol. The standard InChI is InChI=1S/C7H11NO.HO3P/c1-4-7(9)8-5-6(2)3;1-4(2)3/h4H,1-2,5H2,3H3,(H,8,9);(H-,1,2,3)/p+1. The number of amides is 1. The van der Waals surface area contributed by atoms with Crippen LogP contribution in [0.25, 0.3) is 0 Å². The van der Waals surface area contributed by atoms with E-state index in [2.05, 4.69) is 18.5 Å². The fourth-order valence-electron chi connectivity index (χ4n) is 0.310. The predicted octanol–water partition coefficient (Wildman–Crippen LogP) is 0.493. The van der Waals surface area contributed by atoms with Crippen LogP contribution < -0.4 is 5.32 Å². The molecule has 74 valence electrons. The van der Waals surface area contributed by atoms with Crippen LogP contribution in [-0.4, -0.2) is 22.2 Å². The number of carbonyl (C=O) groups excluding carboxylic acids is 1. The zero-order chi connectivity index (χ0) is 10.9. The molecule has 0 unspecified atom stereocenters. The van der Waals surface area contributed by atoms with Crippen LogP contribution in [0, 0.1) is 0 Å². The van der Waals surface area contributed by atoms with E-state index >= 15 is 0 Å². The van der Waals surface area contributed by atoms with Crippen molar-refractivity contribution in [2.24, 2.45) is 0 Å². The Hall–Kier alpha value is -1.03. The molecule has 0 fully saturated rings. The van der Waals surface area contributed by atoms with E-state index in [1.54, 1.807) is 0 Å². The molecular formula is C7H13NO4P+. The summed E-state index contributed by atoms with van der Waals surface area (Å²) in [5.41, 5.74) is 0.935. The average Bonchev–Trinajstić information content (AvgIpc) is 1.99. The summed E-state index contributed by atoms with van der Waals surface area (Å²) in [7, 11) is -2.87. The van der Waals surface area contributed by atoms with Crippen molar-refractivity contribution in [2.75, 3.05) is 6.54 Å². The first-order valence-electron chi connectivity index (χ1n) is 3.29. The van der Waals surface area contributed by atoms with E-state index in [1.807, 2.05) is 6.92 Å². The molecule has 1 amide bonds. The Morgan fingerprint density at radius 3 is 2.23 bits per heavy atom. The van der Waals surface area contributed by atoms with Crippen molar-refractivity contribution in [3.8, 4) is 0 Å². The van der Waals surface area contributed by atoms with E-state index in [9.17, 15) is 4.79 Å². The first-order valence-corrected chi connectivity index (χ1v) is 4.46. The maximum Gasteiger partial charge on any atom is 0.692 e. The van der Waals surface area contributed by atoms with Gasteiger partial charge >= 0.3 is 8.25 Å². The van der Waals surface area contributed by atoms with Crippen molar-refractivity contribution in [3.63, 3.8) is 0 Å². The van der Waals surface area contributed by atoms with Gasteiger partial charge in [-0.15, -0.1) is 9.79 Å². The zero-order valence-corrected chi connectivity index (χ0v) is 8.25. The molecule has 0 heterocycles. The Kier molecular flexibility index (Phi) is 10.1. The van der Waals surface area contributed by atoms with Gasteiger partial charge in [-0.05, 0) is 13.0 Å². The van der Waals surface area contributed by atoms with Gasteiger partial charge in [0.2, 0.25) is 5.91 Å². The van der Waals surface area contributed by atoms with Gasteiger partial charge in [0, 0.05) is 11.1 Å². The minimum absolute atomic E-state index is 0.155. The lowest BCUT2D eigenvalue weighted by molar-refractivity contribution is -0.116. The fourth-order valence-corrected chi connectivity index (χ4v) is 0.310. The van der Waals surface area contributed by atoms with E-state index in [0.29, 0.717) is 6.54 Å². The molecule has 0 aromatic heterocycles. The molecule has 5 nitrogen and oxygen atoms in total. The number of hydrogen-bond acceptors (Lipinski definition) is 2. The van der Waals surface area contributed by atoms with E-state index < -0.39 is 8.25 Å². The normalized spacial score (nSPS) is 7.62. The third-order valence-electron chi connectivity index (χ3n) is 0.750. The number of hydrogen-bond donors (Lipinski definition) is 3. The second-order valence-corrected chi connectivity index (χ2v) is 2.64. The highest BCUT2D eigenvalue weighted by atomic mass is 31.1. The van der Waals surface area contributed by atoms with Gasteiger partial charge < -0.3 is 5.32 Å². The number of carbonyl (C=O) groups is 1. The van der Waals surface area contributed by atoms with Gasteiger partial charge in [0.15, 0.2) is 0 Å². The molecule has 0 radical (unpaired) electrons.